The van der Waals surface area contributed by atoms with Crippen molar-refractivity contribution in [2.24, 2.45) is 0 Å². The summed E-state index contributed by atoms with van der Waals surface area (Å²) in [7, 11) is 0. The highest BCUT2D eigenvalue weighted by Crippen LogP contribution is 2.29. The van der Waals surface area contributed by atoms with Gasteiger partial charge in [-0.25, -0.2) is 0 Å². The summed E-state index contributed by atoms with van der Waals surface area (Å²) in [6, 6.07) is 8.33. The highest BCUT2D eigenvalue weighted by atomic mass is 35.5. The van der Waals surface area contributed by atoms with Gasteiger partial charge in [0.15, 0.2) is 6.61 Å². The van der Waals surface area contributed by atoms with Crippen LogP contribution in [0.5, 0.6) is 5.75 Å². The molecule has 0 aliphatic carbocycles. The first-order chi connectivity index (χ1) is 10.9. The zero-order valence-corrected chi connectivity index (χ0v) is 13.7. The van der Waals surface area contributed by atoms with E-state index in [1.54, 1.807) is 12.1 Å². The van der Waals surface area contributed by atoms with Crippen LogP contribution in [0.25, 0.3) is 0 Å². The van der Waals surface area contributed by atoms with Gasteiger partial charge in [0.25, 0.3) is 11.6 Å². The van der Waals surface area contributed by atoms with Gasteiger partial charge in [0.1, 0.15) is 5.75 Å². The van der Waals surface area contributed by atoms with Gasteiger partial charge in [-0.05, 0) is 24.3 Å². The molecule has 0 aromatic heterocycles. The highest BCUT2D eigenvalue weighted by molar-refractivity contribution is 6.36. The minimum atomic E-state index is -0.578. The molecule has 0 bridgehead atoms. The number of carbonyl (C=O) groups excluding carboxylic acids is 1. The Morgan fingerprint density at radius 3 is 2.48 bits per heavy atom. The third-order valence-electron chi connectivity index (χ3n) is 2.69. The largest absolute Gasteiger partial charge is 0.482 e. The molecule has 0 heterocycles. The molecule has 2 aromatic carbocycles. The summed E-state index contributed by atoms with van der Waals surface area (Å²) in [5.41, 5.74) is 0.221. The predicted molar refractivity (Wildman–Crippen MR) is 88.7 cm³/mol. The molecule has 0 radical (unpaired) electrons. The van der Waals surface area contributed by atoms with Crippen LogP contribution in [0.15, 0.2) is 36.4 Å². The van der Waals surface area contributed by atoms with E-state index in [4.69, 9.17) is 39.5 Å². The number of hydrogen-bond acceptors (Lipinski definition) is 4. The molecule has 2 rings (SSSR count). The number of nitro benzene ring substituents is 1. The summed E-state index contributed by atoms with van der Waals surface area (Å²) >= 11 is 17.6. The molecule has 0 fully saturated rings. The molecule has 0 saturated heterocycles. The van der Waals surface area contributed by atoms with E-state index in [0.717, 1.165) is 6.07 Å². The molecular formula is C14H9Cl3N2O4. The number of non-ortho nitro benzene ring substituents is 1. The standard InChI is InChI=1S/C14H9Cl3N2O4/c15-8-1-3-12(10(16)5-8)18-14(20)7-23-13-4-2-9(19(21)22)6-11(13)17/h1-6H,7H2,(H,18,20). The predicted octanol–water partition coefficient (Wildman–Crippen LogP) is 4.57. The molecular weight excluding hydrogens is 367 g/mol. The fraction of sp³-hybridized carbons (Fsp3) is 0.0714. The number of nitro groups is 1. The molecule has 0 spiro atoms. The summed E-state index contributed by atoms with van der Waals surface area (Å²) in [5, 5.41) is 13.9. The molecule has 9 heteroatoms. The first-order valence-electron chi connectivity index (χ1n) is 6.18. The van der Waals surface area contributed by atoms with E-state index in [9.17, 15) is 14.9 Å². The van der Waals surface area contributed by atoms with Gasteiger partial charge in [-0.3, -0.25) is 14.9 Å². The second-order valence-corrected chi connectivity index (χ2v) is 5.58. The van der Waals surface area contributed by atoms with E-state index in [2.05, 4.69) is 5.32 Å². The molecule has 6 nitrogen and oxygen atoms in total. The molecule has 0 aliphatic heterocycles. The number of rotatable bonds is 5. The third-order valence-corrected chi connectivity index (χ3v) is 3.53. The van der Waals surface area contributed by atoms with Crippen LogP contribution in [0, 0.1) is 10.1 Å². The number of amides is 1. The molecule has 2 aromatic rings. The number of nitrogens with one attached hydrogen (secondary N) is 1. The maximum Gasteiger partial charge on any atom is 0.271 e. The Morgan fingerprint density at radius 1 is 1.13 bits per heavy atom. The Morgan fingerprint density at radius 2 is 1.87 bits per heavy atom. The SMILES string of the molecule is O=C(COc1ccc([N+](=O)[O-])cc1Cl)Nc1ccc(Cl)cc1Cl. The number of halogens is 3. The first kappa shape index (κ1) is 17.3. The number of benzene rings is 2. The lowest BCUT2D eigenvalue weighted by Crippen LogP contribution is -2.20. The van der Waals surface area contributed by atoms with Gasteiger partial charge < -0.3 is 10.1 Å². The normalized spacial score (nSPS) is 10.2. The van der Waals surface area contributed by atoms with Gasteiger partial charge in [0, 0.05) is 17.2 Å². The van der Waals surface area contributed by atoms with Crippen LogP contribution in [0.3, 0.4) is 0 Å². The monoisotopic (exact) mass is 374 g/mol. The Kier molecular flexibility index (Phi) is 5.65. The van der Waals surface area contributed by atoms with Crippen molar-refractivity contribution in [1.29, 1.82) is 0 Å². The maximum atomic E-state index is 11.8. The van der Waals surface area contributed by atoms with Crippen molar-refractivity contribution in [3.05, 3.63) is 61.6 Å². The average Bonchev–Trinajstić information content (AvgIpc) is 2.48. The van der Waals surface area contributed by atoms with Crippen molar-refractivity contribution >= 4 is 52.1 Å². The number of hydrogen-bond donors (Lipinski definition) is 1. The van der Waals surface area contributed by atoms with Gasteiger partial charge in [-0.15, -0.1) is 0 Å². The topological polar surface area (TPSA) is 81.5 Å². The lowest BCUT2D eigenvalue weighted by atomic mass is 10.3. The average molecular weight is 376 g/mol. The summed E-state index contributed by atoms with van der Waals surface area (Å²) in [5.74, 6) is -0.307. The van der Waals surface area contributed by atoms with Crippen LogP contribution in [0.4, 0.5) is 11.4 Å². The lowest BCUT2D eigenvalue weighted by Gasteiger charge is -2.10. The fourth-order valence-electron chi connectivity index (χ4n) is 1.64. The summed E-state index contributed by atoms with van der Waals surface area (Å²) in [6.07, 6.45) is 0. The Labute approximate surface area is 146 Å². The van der Waals surface area contributed by atoms with E-state index in [0.29, 0.717) is 15.7 Å². The molecule has 120 valence electrons. The maximum absolute atomic E-state index is 11.8. The van der Waals surface area contributed by atoms with Crippen LogP contribution in [0.2, 0.25) is 15.1 Å². The van der Waals surface area contributed by atoms with Crippen LogP contribution >= 0.6 is 34.8 Å². The van der Waals surface area contributed by atoms with Crippen molar-refractivity contribution in [2.75, 3.05) is 11.9 Å². The van der Waals surface area contributed by atoms with E-state index < -0.39 is 10.8 Å². The molecule has 0 aliphatic rings. The molecule has 0 unspecified atom stereocenters. The van der Waals surface area contributed by atoms with Crippen LogP contribution in [-0.4, -0.2) is 17.4 Å². The minimum Gasteiger partial charge on any atom is -0.482 e. The van der Waals surface area contributed by atoms with Crippen LogP contribution < -0.4 is 10.1 Å². The number of ether oxygens (including phenoxy) is 1. The molecule has 1 N–H and O–H groups in total. The fourth-order valence-corrected chi connectivity index (χ4v) is 2.33. The number of anilines is 1. The van der Waals surface area contributed by atoms with Gasteiger partial charge in [-0.2, -0.15) is 0 Å². The quantitative estimate of drug-likeness (QED) is 0.613. The van der Waals surface area contributed by atoms with Gasteiger partial charge in [-0.1, -0.05) is 34.8 Å². The van der Waals surface area contributed by atoms with Crippen molar-refractivity contribution in [3.63, 3.8) is 0 Å². The van der Waals surface area contributed by atoms with Gasteiger partial charge in [0.05, 0.1) is 20.7 Å². The third kappa shape index (κ3) is 4.72. The van der Waals surface area contributed by atoms with Crippen molar-refractivity contribution in [3.8, 4) is 5.75 Å². The van der Waals surface area contributed by atoms with Crippen LogP contribution in [-0.2, 0) is 4.79 Å². The molecule has 1 amide bonds. The second kappa shape index (κ2) is 7.50. The van der Waals surface area contributed by atoms with Crippen molar-refractivity contribution < 1.29 is 14.5 Å². The van der Waals surface area contributed by atoms with Crippen molar-refractivity contribution in [1.82, 2.24) is 0 Å². The first-order valence-corrected chi connectivity index (χ1v) is 7.32. The highest BCUT2D eigenvalue weighted by Gasteiger charge is 2.12. The Bertz CT molecular complexity index is 768. The second-order valence-electron chi connectivity index (χ2n) is 4.33. The van der Waals surface area contributed by atoms with E-state index in [-0.39, 0.29) is 23.1 Å². The number of nitrogens with zero attached hydrogens (tertiary/aromatic N) is 1. The van der Waals surface area contributed by atoms with E-state index in [1.807, 2.05) is 0 Å². The van der Waals surface area contributed by atoms with Gasteiger partial charge >= 0.3 is 0 Å². The summed E-state index contributed by atoms with van der Waals surface area (Å²) in [6.45, 7) is -0.337. The summed E-state index contributed by atoms with van der Waals surface area (Å²) in [4.78, 5) is 21.9. The molecule has 0 atom stereocenters. The smallest absolute Gasteiger partial charge is 0.271 e. The van der Waals surface area contributed by atoms with E-state index in [1.165, 1.54) is 18.2 Å². The zero-order chi connectivity index (χ0) is 17.0. The lowest BCUT2D eigenvalue weighted by molar-refractivity contribution is -0.384. The Hall–Kier alpha value is -2.02. The molecule has 0 saturated carbocycles. The van der Waals surface area contributed by atoms with E-state index >= 15 is 0 Å². The molecule has 23 heavy (non-hydrogen) atoms. The van der Waals surface area contributed by atoms with Gasteiger partial charge in [0.2, 0.25) is 0 Å². The Balaban J connectivity index is 1.98. The minimum absolute atomic E-state index is 0.0384. The zero-order valence-electron chi connectivity index (χ0n) is 11.4. The number of carbonyl (C=O) groups is 1. The van der Waals surface area contributed by atoms with Crippen LogP contribution in [0.1, 0.15) is 0 Å². The van der Waals surface area contributed by atoms with Crippen molar-refractivity contribution in [2.45, 2.75) is 0 Å². The summed E-state index contributed by atoms with van der Waals surface area (Å²) < 4.78 is 5.23.